The molecule has 0 atom stereocenters. The molecule has 0 aliphatic heterocycles. The van der Waals surface area contributed by atoms with Crippen LogP contribution in [0.4, 0.5) is 5.69 Å². The van der Waals surface area contributed by atoms with Crippen molar-refractivity contribution in [1.29, 1.82) is 0 Å². The highest BCUT2D eigenvalue weighted by atomic mass is 16.6. The standard InChI is InChI=1S/C15H18N2O3/c1-2-3-4-5-6-12-7-8-14-13(11-12)15(17(19)20)9-10-16(14)18/h7-11H,2-6H2,1H3. The van der Waals surface area contributed by atoms with Gasteiger partial charge < -0.3 is 5.21 Å². The van der Waals surface area contributed by atoms with Crippen molar-refractivity contribution in [2.24, 2.45) is 0 Å². The Hall–Kier alpha value is -2.17. The van der Waals surface area contributed by atoms with Crippen molar-refractivity contribution in [3.63, 3.8) is 0 Å². The highest BCUT2D eigenvalue weighted by Gasteiger charge is 2.17. The number of aryl methyl sites for hydroxylation is 1. The highest BCUT2D eigenvalue weighted by molar-refractivity contribution is 5.85. The van der Waals surface area contributed by atoms with Crippen LogP contribution in [-0.4, -0.2) is 4.92 Å². The number of nitro groups is 1. The normalized spacial score (nSPS) is 10.8. The maximum atomic E-state index is 11.7. The molecule has 0 aliphatic rings. The summed E-state index contributed by atoms with van der Waals surface area (Å²) in [4.78, 5) is 10.6. The Morgan fingerprint density at radius 3 is 2.70 bits per heavy atom. The second-order valence-electron chi connectivity index (χ2n) is 4.95. The van der Waals surface area contributed by atoms with Gasteiger partial charge in [-0.05, 0) is 24.5 Å². The van der Waals surface area contributed by atoms with E-state index in [1.807, 2.05) is 6.07 Å². The van der Waals surface area contributed by atoms with Crippen LogP contribution >= 0.6 is 0 Å². The Morgan fingerprint density at radius 1 is 1.20 bits per heavy atom. The second kappa shape index (κ2) is 6.32. The second-order valence-corrected chi connectivity index (χ2v) is 4.95. The van der Waals surface area contributed by atoms with Crippen molar-refractivity contribution < 1.29 is 9.65 Å². The van der Waals surface area contributed by atoms with E-state index >= 15 is 0 Å². The van der Waals surface area contributed by atoms with Gasteiger partial charge in [-0.15, -0.1) is 0 Å². The van der Waals surface area contributed by atoms with Gasteiger partial charge in [-0.1, -0.05) is 32.3 Å². The number of fused-ring (bicyclic) bond motifs is 1. The van der Waals surface area contributed by atoms with Gasteiger partial charge in [-0.2, -0.15) is 4.73 Å². The van der Waals surface area contributed by atoms with Crippen molar-refractivity contribution >= 4 is 16.6 Å². The fourth-order valence-corrected chi connectivity index (χ4v) is 2.36. The van der Waals surface area contributed by atoms with Gasteiger partial charge in [0.05, 0.1) is 11.0 Å². The summed E-state index contributed by atoms with van der Waals surface area (Å²) in [5, 5.41) is 23.1. The molecule has 0 aliphatic carbocycles. The molecule has 1 aromatic carbocycles. The Bertz CT molecular complexity index is 626. The zero-order valence-corrected chi connectivity index (χ0v) is 11.5. The molecule has 1 heterocycles. The minimum Gasteiger partial charge on any atom is -0.618 e. The predicted molar refractivity (Wildman–Crippen MR) is 77.4 cm³/mol. The average Bonchev–Trinajstić information content (AvgIpc) is 2.43. The Labute approximate surface area is 117 Å². The number of hydrogen-bond acceptors (Lipinski definition) is 3. The Morgan fingerprint density at radius 2 is 2.00 bits per heavy atom. The van der Waals surface area contributed by atoms with E-state index in [1.54, 1.807) is 12.1 Å². The average molecular weight is 274 g/mol. The van der Waals surface area contributed by atoms with Crippen LogP contribution in [0.3, 0.4) is 0 Å². The van der Waals surface area contributed by atoms with Gasteiger partial charge >= 0.3 is 0 Å². The number of aromatic nitrogens is 1. The van der Waals surface area contributed by atoms with Gasteiger partial charge in [0.1, 0.15) is 5.39 Å². The lowest BCUT2D eigenvalue weighted by Crippen LogP contribution is -2.26. The van der Waals surface area contributed by atoms with Gasteiger partial charge in [0.2, 0.25) is 5.52 Å². The van der Waals surface area contributed by atoms with E-state index in [0.29, 0.717) is 15.6 Å². The van der Waals surface area contributed by atoms with Crippen LogP contribution in [0.1, 0.15) is 38.2 Å². The summed E-state index contributed by atoms with van der Waals surface area (Å²) >= 11 is 0. The fraction of sp³-hybridized carbons (Fsp3) is 0.400. The molecular formula is C15H18N2O3. The topological polar surface area (TPSA) is 70.1 Å². The van der Waals surface area contributed by atoms with Gasteiger partial charge in [0.25, 0.3) is 5.69 Å². The first-order chi connectivity index (χ1) is 9.63. The molecular weight excluding hydrogens is 256 g/mol. The predicted octanol–water partition coefficient (Wildman–Crippen LogP) is 3.50. The van der Waals surface area contributed by atoms with Crippen LogP contribution in [0.2, 0.25) is 0 Å². The smallest absolute Gasteiger partial charge is 0.289 e. The number of nitrogens with zero attached hydrogens (tertiary/aromatic N) is 2. The molecule has 0 unspecified atom stereocenters. The van der Waals surface area contributed by atoms with E-state index in [-0.39, 0.29) is 5.69 Å². The largest absolute Gasteiger partial charge is 0.618 e. The number of benzene rings is 1. The number of pyridine rings is 1. The van der Waals surface area contributed by atoms with Crippen molar-refractivity contribution in [3.05, 3.63) is 51.3 Å². The molecule has 20 heavy (non-hydrogen) atoms. The molecule has 0 N–H and O–H groups in total. The van der Waals surface area contributed by atoms with Crippen molar-refractivity contribution in [1.82, 2.24) is 0 Å². The molecule has 0 fully saturated rings. The number of hydrogen-bond donors (Lipinski definition) is 0. The maximum Gasteiger partial charge on any atom is 0.289 e. The van der Waals surface area contributed by atoms with Crippen molar-refractivity contribution in [2.45, 2.75) is 39.0 Å². The summed E-state index contributed by atoms with van der Waals surface area (Å²) in [5.74, 6) is 0. The third kappa shape index (κ3) is 3.04. The molecule has 106 valence electrons. The van der Waals surface area contributed by atoms with E-state index in [9.17, 15) is 15.3 Å². The van der Waals surface area contributed by atoms with Crippen LogP contribution in [-0.2, 0) is 6.42 Å². The lowest BCUT2D eigenvalue weighted by atomic mass is 10.0. The minimum absolute atomic E-state index is 0.0116. The van der Waals surface area contributed by atoms with Gasteiger partial charge in [-0.3, -0.25) is 10.1 Å². The Kier molecular flexibility index (Phi) is 4.50. The first kappa shape index (κ1) is 14.2. The third-order valence-corrected chi connectivity index (χ3v) is 3.46. The zero-order chi connectivity index (χ0) is 14.5. The summed E-state index contributed by atoms with van der Waals surface area (Å²) < 4.78 is 0.670. The summed E-state index contributed by atoms with van der Waals surface area (Å²) in [6, 6.07) is 6.58. The molecule has 0 amide bonds. The molecule has 0 saturated heterocycles. The van der Waals surface area contributed by atoms with E-state index in [4.69, 9.17) is 0 Å². The molecule has 0 spiro atoms. The maximum absolute atomic E-state index is 11.7. The Balaban J connectivity index is 2.31. The monoisotopic (exact) mass is 274 g/mol. The first-order valence-electron chi connectivity index (χ1n) is 6.92. The van der Waals surface area contributed by atoms with Crippen LogP contribution in [0.25, 0.3) is 10.9 Å². The molecule has 5 heteroatoms. The molecule has 0 bridgehead atoms. The van der Waals surface area contributed by atoms with Gasteiger partial charge in [-0.25, -0.2) is 0 Å². The van der Waals surface area contributed by atoms with Crippen LogP contribution in [0, 0.1) is 15.3 Å². The summed E-state index contributed by atoms with van der Waals surface area (Å²) in [6.45, 7) is 2.16. The molecule has 0 radical (unpaired) electrons. The molecule has 5 nitrogen and oxygen atoms in total. The van der Waals surface area contributed by atoms with E-state index in [2.05, 4.69) is 6.92 Å². The number of unbranched alkanes of at least 4 members (excludes halogenated alkanes) is 3. The summed E-state index contributed by atoms with van der Waals surface area (Å²) in [7, 11) is 0. The molecule has 1 aromatic heterocycles. The zero-order valence-electron chi connectivity index (χ0n) is 11.5. The van der Waals surface area contributed by atoms with Crippen LogP contribution < -0.4 is 4.73 Å². The van der Waals surface area contributed by atoms with E-state index < -0.39 is 4.92 Å². The van der Waals surface area contributed by atoms with E-state index in [0.717, 1.165) is 24.8 Å². The molecule has 2 rings (SSSR count). The lowest BCUT2D eigenvalue weighted by Gasteiger charge is -2.05. The quantitative estimate of drug-likeness (QED) is 0.266. The third-order valence-electron chi connectivity index (χ3n) is 3.46. The molecule has 0 saturated carbocycles. The molecule has 2 aromatic rings. The minimum atomic E-state index is -0.441. The number of rotatable bonds is 6. The fourth-order valence-electron chi connectivity index (χ4n) is 2.36. The van der Waals surface area contributed by atoms with Gasteiger partial charge in [0.15, 0.2) is 6.20 Å². The summed E-state index contributed by atoms with van der Waals surface area (Å²) in [6.07, 6.45) is 6.68. The summed E-state index contributed by atoms with van der Waals surface area (Å²) in [5.41, 5.74) is 1.38. The van der Waals surface area contributed by atoms with Crippen molar-refractivity contribution in [2.75, 3.05) is 0 Å². The first-order valence-corrected chi connectivity index (χ1v) is 6.92. The van der Waals surface area contributed by atoms with Crippen LogP contribution in [0.15, 0.2) is 30.5 Å². The van der Waals surface area contributed by atoms with Gasteiger partial charge in [0, 0.05) is 6.07 Å². The van der Waals surface area contributed by atoms with E-state index in [1.165, 1.54) is 25.1 Å². The van der Waals surface area contributed by atoms with Crippen molar-refractivity contribution in [3.8, 4) is 0 Å². The SMILES string of the molecule is CCCCCCc1ccc2c(c1)c([N+](=O)[O-])cc[n+]2[O-]. The highest BCUT2D eigenvalue weighted by Crippen LogP contribution is 2.24. The lowest BCUT2D eigenvalue weighted by molar-refractivity contribution is -0.577. The van der Waals surface area contributed by atoms with Crippen LogP contribution in [0.5, 0.6) is 0 Å².